The van der Waals surface area contributed by atoms with E-state index in [1.54, 1.807) is 0 Å². The number of nitrogens with zero attached hydrogens (tertiary/aromatic N) is 1. The highest BCUT2D eigenvalue weighted by Crippen LogP contribution is 2.24. The fourth-order valence-electron chi connectivity index (χ4n) is 2.23. The molecule has 96 valence electrons. The van der Waals surface area contributed by atoms with E-state index in [1.165, 1.54) is 26.1 Å². The van der Waals surface area contributed by atoms with E-state index < -0.39 is 0 Å². The summed E-state index contributed by atoms with van der Waals surface area (Å²) in [6.07, 6.45) is 1.27. The Morgan fingerprint density at radius 3 is 2.25 bits per heavy atom. The van der Waals surface area contributed by atoms with Crippen molar-refractivity contribution >= 4 is 11.8 Å². The number of hydrogen-bond donors (Lipinski definition) is 1. The summed E-state index contributed by atoms with van der Waals surface area (Å²) < 4.78 is 0. The van der Waals surface area contributed by atoms with Crippen molar-refractivity contribution < 1.29 is 0 Å². The molecule has 2 atom stereocenters. The van der Waals surface area contributed by atoms with Gasteiger partial charge in [0.25, 0.3) is 0 Å². The molecule has 1 aliphatic rings. The lowest BCUT2D eigenvalue weighted by Crippen LogP contribution is -2.42. The number of nitrogens with one attached hydrogen (secondary N) is 1. The highest BCUT2D eigenvalue weighted by Gasteiger charge is 2.21. The molecule has 1 N–H and O–H groups in total. The first-order valence-electron chi connectivity index (χ1n) is 6.49. The van der Waals surface area contributed by atoms with Gasteiger partial charge in [-0.15, -0.1) is 0 Å². The van der Waals surface area contributed by atoms with Gasteiger partial charge in [0.1, 0.15) is 0 Å². The molecular weight excluding hydrogens is 216 g/mol. The maximum absolute atomic E-state index is 3.55. The second-order valence-corrected chi connectivity index (χ2v) is 7.93. The van der Waals surface area contributed by atoms with E-state index >= 15 is 0 Å². The van der Waals surface area contributed by atoms with Gasteiger partial charge in [-0.3, -0.25) is 0 Å². The van der Waals surface area contributed by atoms with Crippen molar-refractivity contribution in [1.82, 2.24) is 10.2 Å². The molecule has 0 radical (unpaired) electrons. The molecule has 0 aromatic rings. The Labute approximate surface area is 106 Å². The highest BCUT2D eigenvalue weighted by atomic mass is 32.2. The van der Waals surface area contributed by atoms with Crippen LogP contribution in [0.4, 0.5) is 0 Å². The fourth-order valence-corrected chi connectivity index (χ4v) is 3.62. The SMILES string of the molecule is CC1CN(CCCNC(C)(C)C)CC(C)S1. The highest BCUT2D eigenvalue weighted by molar-refractivity contribution is 8.00. The molecule has 3 heteroatoms. The molecule has 1 fully saturated rings. The van der Waals surface area contributed by atoms with Crippen molar-refractivity contribution in [3.63, 3.8) is 0 Å². The molecule has 0 aromatic heterocycles. The predicted octanol–water partition coefficient (Wildman–Crippen LogP) is 2.59. The second-order valence-electron chi connectivity index (χ2n) is 6.05. The van der Waals surface area contributed by atoms with Crippen LogP contribution in [0.3, 0.4) is 0 Å². The van der Waals surface area contributed by atoms with E-state index in [9.17, 15) is 0 Å². The average Bonchev–Trinajstić information content (AvgIpc) is 2.09. The minimum Gasteiger partial charge on any atom is -0.312 e. The standard InChI is InChI=1S/C13H28N2S/c1-11-9-15(10-12(2)16-11)8-6-7-14-13(3,4)5/h11-12,14H,6-10H2,1-5H3. The van der Waals surface area contributed by atoms with Crippen molar-refractivity contribution in [2.75, 3.05) is 26.2 Å². The van der Waals surface area contributed by atoms with Gasteiger partial charge in [0, 0.05) is 29.1 Å². The number of rotatable bonds is 4. The first-order valence-corrected chi connectivity index (χ1v) is 7.44. The van der Waals surface area contributed by atoms with Crippen molar-refractivity contribution in [3.05, 3.63) is 0 Å². The summed E-state index contributed by atoms with van der Waals surface area (Å²) in [4.78, 5) is 2.62. The zero-order valence-electron chi connectivity index (χ0n) is 11.5. The van der Waals surface area contributed by atoms with Crippen LogP contribution in [0.25, 0.3) is 0 Å². The molecule has 0 amide bonds. The van der Waals surface area contributed by atoms with E-state index in [2.05, 4.69) is 56.6 Å². The molecule has 0 aromatic carbocycles. The van der Waals surface area contributed by atoms with Gasteiger partial charge in [-0.1, -0.05) is 13.8 Å². The van der Waals surface area contributed by atoms with Crippen LogP contribution in [-0.4, -0.2) is 47.1 Å². The van der Waals surface area contributed by atoms with Crippen molar-refractivity contribution in [1.29, 1.82) is 0 Å². The first-order chi connectivity index (χ1) is 7.37. The summed E-state index contributed by atoms with van der Waals surface area (Å²) >= 11 is 2.13. The van der Waals surface area contributed by atoms with Crippen molar-refractivity contribution in [2.24, 2.45) is 0 Å². The zero-order chi connectivity index (χ0) is 12.2. The zero-order valence-corrected chi connectivity index (χ0v) is 12.4. The summed E-state index contributed by atoms with van der Waals surface area (Å²) in [7, 11) is 0. The molecule has 1 aliphatic heterocycles. The van der Waals surface area contributed by atoms with Gasteiger partial charge in [-0.05, 0) is 40.3 Å². The second kappa shape index (κ2) is 6.27. The van der Waals surface area contributed by atoms with Gasteiger partial charge in [0.2, 0.25) is 0 Å². The van der Waals surface area contributed by atoms with Gasteiger partial charge in [-0.2, -0.15) is 11.8 Å². The van der Waals surface area contributed by atoms with Crippen LogP contribution < -0.4 is 5.32 Å². The molecule has 2 nitrogen and oxygen atoms in total. The van der Waals surface area contributed by atoms with Crippen LogP contribution in [-0.2, 0) is 0 Å². The summed E-state index contributed by atoms with van der Waals surface area (Å²) in [5, 5.41) is 5.16. The van der Waals surface area contributed by atoms with Crippen LogP contribution in [0, 0.1) is 0 Å². The van der Waals surface area contributed by atoms with Crippen LogP contribution in [0.2, 0.25) is 0 Å². The maximum atomic E-state index is 3.55. The van der Waals surface area contributed by atoms with Gasteiger partial charge in [0.05, 0.1) is 0 Å². The van der Waals surface area contributed by atoms with E-state index in [0.717, 1.165) is 17.0 Å². The Bertz CT molecular complexity index is 191. The quantitative estimate of drug-likeness (QED) is 0.765. The van der Waals surface area contributed by atoms with Crippen LogP contribution in [0.15, 0.2) is 0 Å². The normalized spacial score (nSPS) is 28.3. The molecular formula is C13H28N2S. The molecule has 0 aliphatic carbocycles. The third kappa shape index (κ3) is 6.12. The molecule has 2 unspecified atom stereocenters. The molecule has 16 heavy (non-hydrogen) atoms. The third-order valence-electron chi connectivity index (χ3n) is 2.80. The lowest BCUT2D eigenvalue weighted by molar-refractivity contribution is 0.262. The minimum atomic E-state index is 0.262. The minimum absolute atomic E-state index is 0.262. The topological polar surface area (TPSA) is 15.3 Å². The average molecular weight is 244 g/mol. The van der Waals surface area contributed by atoms with Crippen LogP contribution in [0.1, 0.15) is 41.0 Å². The molecule has 0 spiro atoms. The number of hydrogen-bond acceptors (Lipinski definition) is 3. The third-order valence-corrected chi connectivity index (χ3v) is 4.03. The Hall–Kier alpha value is 0.270. The van der Waals surface area contributed by atoms with Crippen molar-refractivity contribution in [2.45, 2.75) is 57.1 Å². The Morgan fingerprint density at radius 2 is 1.75 bits per heavy atom. The number of thioether (sulfide) groups is 1. The van der Waals surface area contributed by atoms with Crippen molar-refractivity contribution in [3.8, 4) is 0 Å². The van der Waals surface area contributed by atoms with Gasteiger partial charge in [-0.25, -0.2) is 0 Å². The molecule has 1 saturated heterocycles. The molecule has 0 saturated carbocycles. The lowest BCUT2D eigenvalue weighted by Gasteiger charge is -2.34. The van der Waals surface area contributed by atoms with Gasteiger partial charge < -0.3 is 10.2 Å². The largest absolute Gasteiger partial charge is 0.312 e. The molecule has 1 heterocycles. The monoisotopic (exact) mass is 244 g/mol. The molecule has 1 rings (SSSR count). The fraction of sp³-hybridized carbons (Fsp3) is 1.00. The molecule has 0 bridgehead atoms. The Balaban J connectivity index is 2.13. The summed E-state index contributed by atoms with van der Waals surface area (Å²) in [5.41, 5.74) is 0.262. The Morgan fingerprint density at radius 1 is 1.19 bits per heavy atom. The van der Waals surface area contributed by atoms with E-state index in [1.807, 2.05) is 0 Å². The summed E-state index contributed by atoms with van der Waals surface area (Å²) in [5.74, 6) is 0. The van der Waals surface area contributed by atoms with E-state index in [-0.39, 0.29) is 5.54 Å². The van der Waals surface area contributed by atoms with E-state index in [0.29, 0.717) is 0 Å². The predicted molar refractivity (Wildman–Crippen MR) is 75.3 cm³/mol. The van der Waals surface area contributed by atoms with Crippen LogP contribution >= 0.6 is 11.8 Å². The van der Waals surface area contributed by atoms with E-state index in [4.69, 9.17) is 0 Å². The summed E-state index contributed by atoms with van der Waals surface area (Å²) in [6, 6.07) is 0. The summed E-state index contributed by atoms with van der Waals surface area (Å²) in [6.45, 7) is 16.3. The first kappa shape index (κ1) is 14.3. The van der Waals surface area contributed by atoms with Gasteiger partial charge >= 0.3 is 0 Å². The Kier molecular flexibility index (Phi) is 5.62. The van der Waals surface area contributed by atoms with Gasteiger partial charge in [0.15, 0.2) is 0 Å². The van der Waals surface area contributed by atoms with Crippen LogP contribution in [0.5, 0.6) is 0 Å². The smallest absolute Gasteiger partial charge is 0.0149 e. The lowest BCUT2D eigenvalue weighted by atomic mass is 10.1. The maximum Gasteiger partial charge on any atom is 0.0149 e.